The zero-order chi connectivity index (χ0) is 17.2. The number of rotatable bonds is 5. The zero-order valence-electron chi connectivity index (χ0n) is 14.2. The van der Waals surface area contributed by atoms with Gasteiger partial charge in [-0.1, -0.05) is 36.2 Å². The summed E-state index contributed by atoms with van der Waals surface area (Å²) in [7, 11) is 1.93. The van der Waals surface area contributed by atoms with Crippen molar-refractivity contribution in [2.45, 2.75) is 6.42 Å². The Hall–Kier alpha value is -2.73. The Kier molecular flexibility index (Phi) is 4.19. The van der Waals surface area contributed by atoms with Crippen molar-refractivity contribution in [3.05, 3.63) is 66.1 Å². The number of aryl methyl sites for hydroxylation is 1. The summed E-state index contributed by atoms with van der Waals surface area (Å²) in [4.78, 5) is 0. The second-order valence-corrected chi connectivity index (χ2v) is 6.63. The summed E-state index contributed by atoms with van der Waals surface area (Å²) in [6.07, 6.45) is 6.76. The summed E-state index contributed by atoms with van der Waals surface area (Å²) in [6.45, 7) is 0. The molecule has 4 aromatic rings. The fourth-order valence-corrected chi connectivity index (χ4v) is 3.33. The van der Waals surface area contributed by atoms with Gasteiger partial charge in [-0.15, -0.1) is 0 Å². The Labute approximate surface area is 150 Å². The molecule has 0 aliphatic rings. The number of hydrogen-bond acceptors (Lipinski definition) is 4. The van der Waals surface area contributed by atoms with Gasteiger partial charge in [0.2, 0.25) is 0 Å². The van der Waals surface area contributed by atoms with Crippen molar-refractivity contribution in [3.63, 3.8) is 0 Å². The van der Waals surface area contributed by atoms with Gasteiger partial charge in [0, 0.05) is 48.3 Å². The molecule has 2 aromatic heterocycles. The number of hydrogen-bond donors (Lipinski definition) is 2. The fraction of sp³-hybridized carbons (Fsp3) is 0.158. The van der Waals surface area contributed by atoms with Gasteiger partial charge in [0.05, 0.1) is 11.7 Å². The molecule has 0 saturated carbocycles. The van der Waals surface area contributed by atoms with Crippen LogP contribution in [0.15, 0.2) is 54.9 Å². The normalized spacial score (nSPS) is 11.1. The van der Waals surface area contributed by atoms with E-state index in [9.17, 15) is 0 Å². The van der Waals surface area contributed by atoms with Gasteiger partial charge in [-0.3, -0.25) is 9.78 Å². The number of anilines is 1. The zero-order valence-corrected chi connectivity index (χ0v) is 15.0. The summed E-state index contributed by atoms with van der Waals surface area (Å²) in [5, 5.41) is 13.0. The first-order valence-electron chi connectivity index (χ1n) is 8.07. The second-order valence-electron chi connectivity index (χ2n) is 6.02. The van der Waals surface area contributed by atoms with Gasteiger partial charge in [-0.25, -0.2) is 0 Å². The van der Waals surface area contributed by atoms with Crippen LogP contribution in [0, 0.1) is 0 Å². The van der Waals surface area contributed by atoms with E-state index in [1.807, 2.05) is 42.5 Å². The maximum atomic E-state index is 4.41. The van der Waals surface area contributed by atoms with Crippen LogP contribution in [0.1, 0.15) is 11.3 Å². The maximum Gasteiger partial charge on any atom is 0.0925 e. The molecule has 0 aliphatic carbocycles. The highest BCUT2D eigenvalue weighted by atomic mass is 32.2. The topological polar surface area (TPSA) is 58.5 Å². The Balaban J connectivity index is 1.59. The first-order chi connectivity index (χ1) is 12.2. The van der Waals surface area contributed by atoms with Crippen molar-refractivity contribution >= 4 is 28.5 Å². The van der Waals surface area contributed by atoms with E-state index in [1.165, 1.54) is 11.1 Å². The molecule has 0 unspecified atom stereocenters. The van der Waals surface area contributed by atoms with Gasteiger partial charge < -0.3 is 4.72 Å². The van der Waals surface area contributed by atoms with Crippen LogP contribution >= 0.6 is 11.9 Å². The van der Waals surface area contributed by atoms with Gasteiger partial charge in [-0.05, 0) is 29.3 Å². The molecule has 25 heavy (non-hydrogen) atoms. The number of H-pyrrole nitrogens is 1. The number of aromatic amines is 1. The van der Waals surface area contributed by atoms with E-state index in [1.54, 1.807) is 11.9 Å². The van der Waals surface area contributed by atoms with E-state index in [0.717, 1.165) is 34.3 Å². The van der Waals surface area contributed by atoms with Crippen LogP contribution in [-0.4, -0.2) is 26.2 Å². The molecule has 0 spiro atoms. The number of aromatic nitrogens is 4. The van der Waals surface area contributed by atoms with Crippen molar-refractivity contribution in [3.8, 4) is 11.1 Å². The highest BCUT2D eigenvalue weighted by Crippen LogP contribution is 2.25. The summed E-state index contributed by atoms with van der Waals surface area (Å²) in [6, 6.07) is 14.9. The van der Waals surface area contributed by atoms with Gasteiger partial charge in [0.1, 0.15) is 0 Å². The lowest BCUT2D eigenvalue weighted by atomic mass is 10.0. The standard InChI is InChI=1S/C19H19N5S/c1-24-12-15(11-20-24)14-5-3-13(4-6-14)9-19-17-10-16(23-25-2)7-8-18(17)21-22-19/h3-8,10-12,23H,9H2,1-2H3,(H,21,22). The van der Waals surface area contributed by atoms with Crippen LogP contribution in [0.25, 0.3) is 22.0 Å². The number of nitrogens with zero attached hydrogens (tertiary/aromatic N) is 3. The SMILES string of the molecule is CSNc1ccc2n[nH]c(Cc3ccc(-c4cnn(C)c4)cc3)c2c1. The number of fused-ring (bicyclic) bond motifs is 1. The molecule has 0 bridgehead atoms. The minimum absolute atomic E-state index is 0.826. The van der Waals surface area contributed by atoms with Gasteiger partial charge >= 0.3 is 0 Å². The lowest BCUT2D eigenvalue weighted by Crippen LogP contribution is -1.90. The lowest BCUT2D eigenvalue weighted by molar-refractivity contribution is 0.768. The lowest BCUT2D eigenvalue weighted by Gasteiger charge is -2.04. The van der Waals surface area contributed by atoms with E-state index >= 15 is 0 Å². The van der Waals surface area contributed by atoms with Gasteiger partial charge in [0.15, 0.2) is 0 Å². The smallest absolute Gasteiger partial charge is 0.0925 e. The molecule has 0 radical (unpaired) electrons. The van der Waals surface area contributed by atoms with Gasteiger partial charge in [-0.2, -0.15) is 10.2 Å². The average molecular weight is 349 g/mol. The Morgan fingerprint density at radius 1 is 1.12 bits per heavy atom. The molecule has 2 N–H and O–H groups in total. The molecule has 0 amide bonds. The fourth-order valence-electron chi connectivity index (χ4n) is 2.97. The molecule has 0 atom stereocenters. The predicted octanol–water partition coefficient (Wildman–Crippen LogP) is 4.24. The quantitative estimate of drug-likeness (QED) is 0.529. The molecule has 2 heterocycles. The van der Waals surface area contributed by atoms with Crippen LogP contribution in [0.4, 0.5) is 5.69 Å². The van der Waals surface area contributed by atoms with Crippen LogP contribution in [0.2, 0.25) is 0 Å². The maximum absolute atomic E-state index is 4.41. The van der Waals surface area contributed by atoms with Crippen molar-refractivity contribution in [2.24, 2.45) is 7.05 Å². The molecule has 4 rings (SSSR count). The van der Waals surface area contributed by atoms with E-state index < -0.39 is 0 Å². The number of nitrogens with one attached hydrogen (secondary N) is 2. The summed E-state index contributed by atoms with van der Waals surface area (Å²) < 4.78 is 5.09. The first kappa shape index (κ1) is 15.8. The molecule has 5 nitrogen and oxygen atoms in total. The largest absolute Gasteiger partial charge is 0.330 e. The van der Waals surface area contributed by atoms with Gasteiger partial charge in [0.25, 0.3) is 0 Å². The van der Waals surface area contributed by atoms with Crippen molar-refractivity contribution in [1.82, 2.24) is 20.0 Å². The molecular formula is C19H19N5S. The summed E-state index contributed by atoms with van der Waals surface area (Å²) in [5.41, 5.74) is 6.78. The summed E-state index contributed by atoms with van der Waals surface area (Å²) in [5.74, 6) is 0. The molecule has 126 valence electrons. The third-order valence-electron chi connectivity index (χ3n) is 4.23. The van der Waals surface area contributed by atoms with Crippen molar-refractivity contribution < 1.29 is 0 Å². The minimum atomic E-state index is 0.826. The minimum Gasteiger partial charge on any atom is -0.330 e. The molecule has 0 saturated heterocycles. The van der Waals surface area contributed by atoms with Crippen LogP contribution in [-0.2, 0) is 13.5 Å². The number of benzene rings is 2. The average Bonchev–Trinajstić information content (AvgIpc) is 3.23. The highest BCUT2D eigenvalue weighted by molar-refractivity contribution is 7.99. The van der Waals surface area contributed by atoms with Crippen LogP contribution < -0.4 is 4.72 Å². The molecule has 0 aliphatic heterocycles. The molecule has 6 heteroatoms. The molecule has 2 aromatic carbocycles. The predicted molar refractivity (Wildman–Crippen MR) is 105 cm³/mol. The van der Waals surface area contributed by atoms with Crippen LogP contribution in [0.3, 0.4) is 0 Å². The van der Waals surface area contributed by atoms with Crippen molar-refractivity contribution in [2.75, 3.05) is 11.0 Å². The third kappa shape index (κ3) is 3.25. The Morgan fingerprint density at radius 3 is 2.68 bits per heavy atom. The Bertz CT molecular complexity index is 1000. The monoisotopic (exact) mass is 349 g/mol. The second kappa shape index (κ2) is 6.64. The summed E-state index contributed by atoms with van der Waals surface area (Å²) >= 11 is 1.59. The third-order valence-corrected chi connectivity index (χ3v) is 4.67. The van der Waals surface area contributed by atoms with Crippen molar-refractivity contribution in [1.29, 1.82) is 0 Å². The molecule has 0 fully saturated rings. The van der Waals surface area contributed by atoms with E-state index in [4.69, 9.17) is 0 Å². The first-order valence-corrected chi connectivity index (χ1v) is 9.29. The van der Waals surface area contributed by atoms with E-state index in [2.05, 4.69) is 50.3 Å². The van der Waals surface area contributed by atoms with Crippen LogP contribution in [0.5, 0.6) is 0 Å². The van der Waals surface area contributed by atoms with E-state index in [0.29, 0.717) is 0 Å². The van der Waals surface area contributed by atoms with E-state index in [-0.39, 0.29) is 0 Å². The molecular weight excluding hydrogens is 330 g/mol. The highest BCUT2D eigenvalue weighted by Gasteiger charge is 2.08. The Morgan fingerprint density at radius 2 is 1.96 bits per heavy atom.